The fourth-order valence-corrected chi connectivity index (χ4v) is 4.55. The topological polar surface area (TPSA) is 70.5 Å². The molecular weight excluding hydrogens is 366 g/mol. The Morgan fingerprint density at radius 2 is 1.55 bits per heavy atom. The molecule has 2 saturated heterocycles. The molecule has 0 amide bonds. The van der Waals surface area contributed by atoms with Gasteiger partial charge in [0.2, 0.25) is 5.95 Å². The smallest absolute Gasteiger partial charge is 0.227 e. The van der Waals surface area contributed by atoms with Crippen LogP contribution in [0.15, 0.2) is 6.07 Å². The van der Waals surface area contributed by atoms with Gasteiger partial charge in [-0.1, -0.05) is 0 Å². The van der Waals surface area contributed by atoms with Gasteiger partial charge in [-0.05, 0) is 33.1 Å². The molecule has 2 aromatic heterocycles. The SMILES string of the molecule is Cc1cc(N2CCOCC2)nc(N2CCN(c3nc(C)nc4c3CCC4)CC2)n1. The van der Waals surface area contributed by atoms with Crippen LogP contribution in [-0.2, 0) is 17.6 Å². The van der Waals surface area contributed by atoms with Crippen LogP contribution in [-0.4, -0.2) is 72.4 Å². The van der Waals surface area contributed by atoms with Crippen molar-refractivity contribution in [1.29, 1.82) is 0 Å². The number of aromatic nitrogens is 4. The van der Waals surface area contributed by atoms with Crippen molar-refractivity contribution in [3.05, 3.63) is 28.8 Å². The summed E-state index contributed by atoms with van der Waals surface area (Å²) in [6.45, 7) is 11.1. The first-order valence-electron chi connectivity index (χ1n) is 10.7. The third-order valence-electron chi connectivity index (χ3n) is 6.05. The second-order valence-corrected chi connectivity index (χ2v) is 8.11. The monoisotopic (exact) mass is 395 g/mol. The molecule has 0 atom stereocenters. The Bertz CT molecular complexity index is 889. The summed E-state index contributed by atoms with van der Waals surface area (Å²) in [5.74, 6) is 3.90. The first-order valence-corrected chi connectivity index (χ1v) is 10.7. The average Bonchev–Trinajstić information content (AvgIpc) is 3.22. The molecule has 4 heterocycles. The number of hydrogen-bond acceptors (Lipinski definition) is 8. The molecule has 0 aromatic carbocycles. The molecule has 5 rings (SSSR count). The Labute approximate surface area is 171 Å². The number of nitrogens with zero attached hydrogens (tertiary/aromatic N) is 7. The second-order valence-electron chi connectivity index (χ2n) is 8.11. The van der Waals surface area contributed by atoms with Gasteiger partial charge in [0.15, 0.2) is 0 Å². The minimum Gasteiger partial charge on any atom is -0.378 e. The van der Waals surface area contributed by atoms with Gasteiger partial charge in [0.1, 0.15) is 17.5 Å². The summed E-state index contributed by atoms with van der Waals surface area (Å²) in [7, 11) is 0. The van der Waals surface area contributed by atoms with Gasteiger partial charge in [-0.3, -0.25) is 0 Å². The summed E-state index contributed by atoms with van der Waals surface area (Å²) in [5.41, 5.74) is 3.64. The van der Waals surface area contributed by atoms with Crippen molar-refractivity contribution in [3.63, 3.8) is 0 Å². The van der Waals surface area contributed by atoms with E-state index in [1.807, 2.05) is 6.92 Å². The molecule has 0 N–H and O–H groups in total. The predicted molar refractivity (Wildman–Crippen MR) is 113 cm³/mol. The summed E-state index contributed by atoms with van der Waals surface area (Å²) in [6, 6.07) is 2.08. The van der Waals surface area contributed by atoms with E-state index in [-0.39, 0.29) is 0 Å². The number of piperazine rings is 1. The first kappa shape index (κ1) is 18.5. The van der Waals surface area contributed by atoms with Crippen molar-refractivity contribution >= 4 is 17.6 Å². The number of morpholine rings is 1. The third-order valence-corrected chi connectivity index (χ3v) is 6.05. The van der Waals surface area contributed by atoms with Crippen molar-refractivity contribution in [2.24, 2.45) is 0 Å². The number of rotatable bonds is 3. The van der Waals surface area contributed by atoms with Crippen LogP contribution in [0.5, 0.6) is 0 Å². The van der Waals surface area contributed by atoms with Crippen LogP contribution in [0.4, 0.5) is 17.6 Å². The van der Waals surface area contributed by atoms with Gasteiger partial charge < -0.3 is 19.4 Å². The molecule has 2 fully saturated rings. The van der Waals surface area contributed by atoms with E-state index in [1.54, 1.807) is 0 Å². The zero-order chi connectivity index (χ0) is 19.8. The highest BCUT2D eigenvalue weighted by Gasteiger charge is 2.26. The van der Waals surface area contributed by atoms with Crippen LogP contribution in [0.2, 0.25) is 0 Å². The van der Waals surface area contributed by atoms with Crippen LogP contribution < -0.4 is 14.7 Å². The molecule has 2 aromatic rings. The van der Waals surface area contributed by atoms with Gasteiger partial charge in [0, 0.05) is 62.3 Å². The number of ether oxygens (including phenoxy) is 1. The minimum atomic E-state index is 0.764. The molecular formula is C21H29N7O. The molecule has 0 saturated carbocycles. The van der Waals surface area contributed by atoms with E-state index in [0.29, 0.717) is 0 Å². The average molecular weight is 396 g/mol. The molecule has 8 nitrogen and oxygen atoms in total. The molecule has 3 aliphatic rings. The number of hydrogen-bond donors (Lipinski definition) is 0. The summed E-state index contributed by atoms with van der Waals surface area (Å²) in [5, 5.41) is 0. The lowest BCUT2D eigenvalue weighted by molar-refractivity contribution is 0.122. The van der Waals surface area contributed by atoms with E-state index in [2.05, 4.69) is 32.7 Å². The molecule has 1 aliphatic carbocycles. The van der Waals surface area contributed by atoms with Crippen LogP contribution >= 0.6 is 0 Å². The molecule has 29 heavy (non-hydrogen) atoms. The molecule has 0 radical (unpaired) electrons. The molecule has 0 unspecified atom stereocenters. The predicted octanol–water partition coefficient (Wildman–Crippen LogP) is 1.54. The summed E-state index contributed by atoms with van der Waals surface area (Å²) in [4.78, 5) is 26.1. The van der Waals surface area contributed by atoms with Crippen molar-refractivity contribution in [3.8, 4) is 0 Å². The summed E-state index contributed by atoms with van der Waals surface area (Å²) < 4.78 is 5.48. The highest BCUT2D eigenvalue weighted by molar-refractivity contribution is 5.53. The Balaban J connectivity index is 1.32. The lowest BCUT2D eigenvalue weighted by Crippen LogP contribution is -2.48. The molecule has 0 bridgehead atoms. The molecule has 8 heteroatoms. The number of anilines is 3. The Morgan fingerprint density at radius 3 is 2.34 bits per heavy atom. The maximum Gasteiger partial charge on any atom is 0.227 e. The quantitative estimate of drug-likeness (QED) is 0.775. The highest BCUT2D eigenvalue weighted by atomic mass is 16.5. The van der Waals surface area contributed by atoms with Crippen LogP contribution in [0, 0.1) is 13.8 Å². The van der Waals surface area contributed by atoms with E-state index < -0.39 is 0 Å². The van der Waals surface area contributed by atoms with E-state index in [0.717, 1.165) is 94.4 Å². The summed E-state index contributed by atoms with van der Waals surface area (Å²) >= 11 is 0. The zero-order valence-electron chi connectivity index (χ0n) is 17.4. The Kier molecular flexibility index (Phi) is 4.95. The van der Waals surface area contributed by atoms with Crippen LogP contribution in [0.25, 0.3) is 0 Å². The molecule has 2 aliphatic heterocycles. The lowest BCUT2D eigenvalue weighted by atomic mass is 10.2. The van der Waals surface area contributed by atoms with Gasteiger partial charge in [0.25, 0.3) is 0 Å². The second kappa shape index (κ2) is 7.74. The third kappa shape index (κ3) is 3.73. The Hall–Kier alpha value is -2.48. The van der Waals surface area contributed by atoms with Gasteiger partial charge >= 0.3 is 0 Å². The maximum absolute atomic E-state index is 5.48. The van der Waals surface area contributed by atoms with Gasteiger partial charge in [-0.2, -0.15) is 4.98 Å². The normalized spacial score (nSPS) is 19.6. The number of fused-ring (bicyclic) bond motifs is 1. The van der Waals surface area contributed by atoms with Crippen LogP contribution in [0.1, 0.15) is 29.2 Å². The van der Waals surface area contributed by atoms with Crippen molar-refractivity contribution < 1.29 is 4.74 Å². The van der Waals surface area contributed by atoms with Gasteiger partial charge in [0.05, 0.1) is 13.2 Å². The van der Waals surface area contributed by atoms with Crippen molar-refractivity contribution in [2.75, 3.05) is 67.2 Å². The first-order chi connectivity index (χ1) is 14.2. The van der Waals surface area contributed by atoms with Crippen molar-refractivity contribution in [1.82, 2.24) is 19.9 Å². The molecule has 154 valence electrons. The Morgan fingerprint density at radius 1 is 0.793 bits per heavy atom. The lowest BCUT2D eigenvalue weighted by Gasteiger charge is -2.37. The van der Waals surface area contributed by atoms with Crippen LogP contribution in [0.3, 0.4) is 0 Å². The number of aryl methyl sites for hydroxylation is 3. The maximum atomic E-state index is 5.48. The zero-order valence-corrected chi connectivity index (χ0v) is 17.4. The molecule has 0 spiro atoms. The fourth-order valence-electron chi connectivity index (χ4n) is 4.55. The summed E-state index contributed by atoms with van der Waals surface area (Å²) in [6.07, 6.45) is 3.39. The highest BCUT2D eigenvalue weighted by Crippen LogP contribution is 2.30. The standard InChI is InChI=1S/C21H29N7O/c1-15-14-19(26-10-12-29-13-11-26)25-21(22-15)28-8-6-27(7-9-28)20-17-4-3-5-18(17)23-16(2)24-20/h14H,3-13H2,1-2H3. The van der Waals surface area contributed by atoms with Gasteiger partial charge in [-0.25, -0.2) is 15.0 Å². The van der Waals surface area contributed by atoms with E-state index >= 15 is 0 Å². The minimum absolute atomic E-state index is 0.764. The largest absolute Gasteiger partial charge is 0.378 e. The van der Waals surface area contributed by atoms with Gasteiger partial charge in [-0.15, -0.1) is 0 Å². The van der Waals surface area contributed by atoms with Crippen molar-refractivity contribution in [2.45, 2.75) is 33.1 Å². The fraction of sp³-hybridized carbons (Fsp3) is 0.619. The van der Waals surface area contributed by atoms with E-state index in [1.165, 1.54) is 17.7 Å². The van der Waals surface area contributed by atoms with E-state index in [4.69, 9.17) is 19.7 Å². The van der Waals surface area contributed by atoms with E-state index in [9.17, 15) is 0 Å².